The average Bonchev–Trinajstić information content (AvgIpc) is 2.24. The van der Waals surface area contributed by atoms with Crippen molar-refractivity contribution in [1.82, 2.24) is 0 Å². The van der Waals surface area contributed by atoms with E-state index in [1.807, 2.05) is 0 Å². The molecule has 110 valence electrons. The van der Waals surface area contributed by atoms with Crippen molar-refractivity contribution >= 4 is 27.3 Å². The number of hydrogen-bond acceptors (Lipinski definition) is 0. The van der Waals surface area contributed by atoms with E-state index in [1.54, 1.807) is 0 Å². The molecule has 0 amide bonds. The molecule has 0 atom stereocenters. The van der Waals surface area contributed by atoms with Gasteiger partial charge in [-0.1, -0.05) is 87.9 Å². The van der Waals surface area contributed by atoms with Crippen molar-refractivity contribution in [2.45, 2.75) is 51.4 Å². The lowest BCUT2D eigenvalue weighted by Crippen LogP contribution is -2.19. The van der Waals surface area contributed by atoms with Crippen molar-refractivity contribution < 1.29 is 0 Å². The summed E-state index contributed by atoms with van der Waals surface area (Å²) in [7, 11) is -2.16. The Labute approximate surface area is 127 Å². The molecule has 0 aliphatic heterocycles. The molecule has 0 spiro atoms. The van der Waals surface area contributed by atoms with Crippen molar-refractivity contribution in [2.75, 3.05) is 0 Å². The first-order valence-electron chi connectivity index (χ1n) is 7.44. The summed E-state index contributed by atoms with van der Waals surface area (Å²) in [5.74, 6) is 0. The van der Waals surface area contributed by atoms with E-state index in [9.17, 15) is 0 Å². The van der Waals surface area contributed by atoms with E-state index in [-0.39, 0.29) is 0 Å². The van der Waals surface area contributed by atoms with Gasteiger partial charge in [-0.15, -0.1) is 0 Å². The van der Waals surface area contributed by atoms with E-state index < -0.39 is 16.1 Å². The summed E-state index contributed by atoms with van der Waals surface area (Å²) in [5.41, 5.74) is 5.15. The highest BCUT2D eigenvalue weighted by atomic mass is 28.3. The Bertz CT molecular complexity index is 435. The zero-order valence-electron chi connectivity index (χ0n) is 14.1. The Morgan fingerprint density at radius 2 is 0.950 bits per heavy atom. The van der Waals surface area contributed by atoms with E-state index in [0.717, 1.165) is 0 Å². The second-order valence-electron chi connectivity index (χ2n) is 8.26. The highest BCUT2D eigenvalue weighted by Crippen LogP contribution is 2.27. The lowest BCUT2D eigenvalue weighted by molar-refractivity contribution is 1.45. The summed E-state index contributed by atoms with van der Waals surface area (Å²) in [6.07, 6.45) is 0. The Kier molecular flexibility index (Phi) is 5.39. The van der Waals surface area contributed by atoms with Crippen LogP contribution in [0.25, 0.3) is 11.1 Å². The zero-order valence-corrected chi connectivity index (χ0v) is 16.1. The van der Waals surface area contributed by atoms with E-state index in [0.29, 0.717) is 0 Å². The number of benzene rings is 1. The molecule has 0 N–H and O–H groups in total. The van der Waals surface area contributed by atoms with Crippen LogP contribution in [-0.4, -0.2) is 16.1 Å². The molecule has 1 aromatic rings. The van der Waals surface area contributed by atoms with Crippen LogP contribution in [0, 0.1) is 0 Å². The molecule has 0 radical (unpaired) electrons. The molecule has 1 rings (SSSR count). The first-order valence-corrected chi connectivity index (χ1v) is 14.9. The molecule has 0 nitrogen and oxygen atoms in total. The van der Waals surface area contributed by atoms with Gasteiger partial charge in [0.1, 0.15) is 0 Å². The third-order valence-electron chi connectivity index (χ3n) is 3.19. The maximum atomic E-state index is 4.26. The van der Waals surface area contributed by atoms with E-state index in [2.05, 4.69) is 76.7 Å². The van der Waals surface area contributed by atoms with Gasteiger partial charge in [0.15, 0.2) is 0 Å². The minimum absolute atomic E-state index is 1.08. The Morgan fingerprint density at radius 3 is 1.15 bits per heavy atom. The Balaban J connectivity index is 2.79. The molecular formula is C18H30Si2. The second-order valence-corrected chi connectivity index (χ2v) is 19.2. The second kappa shape index (κ2) is 6.27. The number of allylic oxidation sites excluding steroid dienone is 2. The van der Waals surface area contributed by atoms with Crippen molar-refractivity contribution in [3.8, 4) is 0 Å². The fourth-order valence-electron chi connectivity index (χ4n) is 2.43. The SMILES string of the molecule is C=C(C[Si](C)(C)C)c1ccc(C(=C)C[Si](C)(C)C)cc1. The highest BCUT2D eigenvalue weighted by Gasteiger charge is 2.17. The van der Waals surface area contributed by atoms with Crippen molar-refractivity contribution in [2.24, 2.45) is 0 Å². The summed E-state index contributed by atoms with van der Waals surface area (Å²) in [6.45, 7) is 22.9. The van der Waals surface area contributed by atoms with Gasteiger partial charge < -0.3 is 0 Å². The molecule has 0 saturated carbocycles. The molecular weight excluding hydrogens is 272 g/mol. The summed E-state index contributed by atoms with van der Waals surface area (Å²) in [4.78, 5) is 0. The molecule has 20 heavy (non-hydrogen) atoms. The number of rotatable bonds is 6. The topological polar surface area (TPSA) is 0 Å². The normalized spacial score (nSPS) is 12.3. The minimum atomic E-state index is -1.08. The summed E-state index contributed by atoms with van der Waals surface area (Å²) < 4.78 is 0. The van der Waals surface area contributed by atoms with Crippen LogP contribution in [-0.2, 0) is 0 Å². The Hall–Kier alpha value is -0.866. The van der Waals surface area contributed by atoms with Crippen LogP contribution < -0.4 is 0 Å². The first kappa shape index (κ1) is 17.2. The van der Waals surface area contributed by atoms with Gasteiger partial charge in [-0.25, -0.2) is 0 Å². The van der Waals surface area contributed by atoms with Gasteiger partial charge in [-0.2, -0.15) is 0 Å². The molecule has 0 fully saturated rings. The van der Waals surface area contributed by atoms with Gasteiger partial charge in [0.2, 0.25) is 0 Å². The predicted octanol–water partition coefficient (Wildman–Crippen LogP) is 6.39. The van der Waals surface area contributed by atoms with Gasteiger partial charge in [-0.05, 0) is 23.2 Å². The monoisotopic (exact) mass is 302 g/mol. The highest BCUT2D eigenvalue weighted by molar-refractivity contribution is 6.78. The third kappa shape index (κ3) is 6.06. The van der Waals surface area contributed by atoms with Crippen LogP contribution >= 0.6 is 0 Å². The van der Waals surface area contributed by atoms with Crippen LogP contribution in [0.1, 0.15) is 11.1 Å². The smallest absolute Gasteiger partial charge is 0.0487 e. The molecule has 0 aromatic heterocycles. The van der Waals surface area contributed by atoms with Gasteiger partial charge in [0.05, 0.1) is 0 Å². The summed E-state index contributed by atoms with van der Waals surface area (Å²) >= 11 is 0. The quantitative estimate of drug-likeness (QED) is 0.534. The van der Waals surface area contributed by atoms with Gasteiger partial charge in [0, 0.05) is 16.1 Å². The van der Waals surface area contributed by atoms with Gasteiger partial charge >= 0.3 is 0 Å². The predicted molar refractivity (Wildman–Crippen MR) is 101 cm³/mol. The molecule has 0 heterocycles. The maximum absolute atomic E-state index is 4.26. The molecule has 0 bridgehead atoms. The van der Waals surface area contributed by atoms with Gasteiger partial charge in [0.25, 0.3) is 0 Å². The average molecular weight is 303 g/mol. The number of hydrogen-bond donors (Lipinski definition) is 0. The van der Waals surface area contributed by atoms with Crippen molar-refractivity contribution in [1.29, 1.82) is 0 Å². The van der Waals surface area contributed by atoms with Crippen molar-refractivity contribution in [3.05, 3.63) is 48.6 Å². The molecule has 0 saturated heterocycles. The molecule has 0 aliphatic carbocycles. The lowest BCUT2D eigenvalue weighted by Gasteiger charge is -2.19. The van der Waals surface area contributed by atoms with Crippen LogP contribution in [0.4, 0.5) is 0 Å². The van der Waals surface area contributed by atoms with E-state index in [4.69, 9.17) is 0 Å². The van der Waals surface area contributed by atoms with Crippen LogP contribution in [0.3, 0.4) is 0 Å². The summed E-state index contributed by atoms with van der Waals surface area (Å²) in [5, 5.41) is 0. The lowest BCUT2D eigenvalue weighted by atomic mass is 10.0. The first-order chi connectivity index (χ1) is 8.98. The molecule has 0 unspecified atom stereocenters. The Morgan fingerprint density at radius 1 is 0.700 bits per heavy atom. The molecule has 1 aromatic carbocycles. The van der Waals surface area contributed by atoms with E-state index >= 15 is 0 Å². The molecule has 0 aliphatic rings. The van der Waals surface area contributed by atoms with Crippen molar-refractivity contribution in [3.63, 3.8) is 0 Å². The maximum Gasteiger partial charge on any atom is 0.0487 e. The third-order valence-corrected chi connectivity index (χ3v) is 6.16. The summed E-state index contributed by atoms with van der Waals surface area (Å²) in [6, 6.07) is 11.2. The van der Waals surface area contributed by atoms with Crippen LogP contribution in [0.5, 0.6) is 0 Å². The fraction of sp³-hybridized carbons (Fsp3) is 0.444. The van der Waals surface area contributed by atoms with Crippen LogP contribution in [0.15, 0.2) is 37.4 Å². The fourth-order valence-corrected chi connectivity index (χ4v) is 5.39. The molecule has 2 heteroatoms. The minimum Gasteiger partial charge on any atom is -0.0955 e. The standard InChI is InChI=1S/C18H30Si2/c1-15(13-19(3,4)5)17-9-11-18(12-10-17)16(2)14-20(6,7)8/h9-12H,1-2,13-14H2,3-8H3. The van der Waals surface area contributed by atoms with E-state index in [1.165, 1.54) is 34.4 Å². The van der Waals surface area contributed by atoms with Gasteiger partial charge in [-0.3, -0.25) is 0 Å². The zero-order chi connectivity index (χ0) is 15.6. The largest absolute Gasteiger partial charge is 0.0955 e. The van der Waals surface area contributed by atoms with Crippen LogP contribution in [0.2, 0.25) is 51.4 Å².